The zero-order valence-corrected chi connectivity index (χ0v) is 16.7. The van der Waals surface area contributed by atoms with E-state index in [1.165, 1.54) is 0 Å². The average Bonchev–Trinajstić information content (AvgIpc) is 3.07. The topological polar surface area (TPSA) is 175 Å². The molecular formula is C20H26N4O6. The van der Waals surface area contributed by atoms with Gasteiger partial charge in [-0.25, -0.2) is 4.79 Å². The number of nitrogens with two attached hydrogens (primary N) is 1. The number of aromatic nitrogens is 1. The Kier molecular flexibility index (Phi) is 7.54. The molecule has 2 aromatic rings. The zero-order valence-electron chi connectivity index (χ0n) is 16.7. The number of nitrogens with one attached hydrogen (secondary N) is 3. The lowest BCUT2D eigenvalue weighted by molar-refractivity contribution is -0.143. The molecule has 1 aromatic heterocycles. The number of rotatable bonds is 10. The van der Waals surface area contributed by atoms with E-state index in [9.17, 15) is 24.3 Å². The van der Waals surface area contributed by atoms with Crippen LogP contribution >= 0.6 is 0 Å². The van der Waals surface area contributed by atoms with Crippen molar-refractivity contribution >= 4 is 34.7 Å². The van der Waals surface area contributed by atoms with Crippen molar-refractivity contribution < 1.29 is 29.4 Å². The predicted molar refractivity (Wildman–Crippen MR) is 109 cm³/mol. The molecule has 0 saturated carbocycles. The number of carboxylic acid groups (broad SMARTS) is 2. The number of aromatic amines is 1. The van der Waals surface area contributed by atoms with Crippen molar-refractivity contribution in [3.05, 3.63) is 36.0 Å². The fraction of sp³-hybridized carbons (Fsp3) is 0.400. The maximum atomic E-state index is 12.7. The third kappa shape index (κ3) is 5.80. The van der Waals surface area contributed by atoms with Gasteiger partial charge >= 0.3 is 11.9 Å². The molecule has 10 heteroatoms. The van der Waals surface area contributed by atoms with Crippen molar-refractivity contribution in [2.45, 2.75) is 44.8 Å². The van der Waals surface area contributed by atoms with E-state index < -0.39 is 48.3 Å². The molecule has 0 aliphatic rings. The molecule has 2 rings (SSSR count). The van der Waals surface area contributed by atoms with Gasteiger partial charge in [-0.2, -0.15) is 0 Å². The second-order valence-electron chi connectivity index (χ2n) is 7.40. The number of carboxylic acids is 2. The van der Waals surface area contributed by atoms with Crippen LogP contribution in [0.1, 0.15) is 25.8 Å². The van der Waals surface area contributed by atoms with Crippen LogP contribution in [0.4, 0.5) is 0 Å². The third-order valence-electron chi connectivity index (χ3n) is 4.69. The Bertz CT molecular complexity index is 938. The van der Waals surface area contributed by atoms with Crippen molar-refractivity contribution in [3.63, 3.8) is 0 Å². The summed E-state index contributed by atoms with van der Waals surface area (Å²) in [6.07, 6.45) is 1.15. The van der Waals surface area contributed by atoms with Crippen LogP contribution in [0, 0.1) is 5.92 Å². The molecule has 1 aromatic carbocycles. The van der Waals surface area contributed by atoms with E-state index in [1.54, 1.807) is 20.0 Å². The second kappa shape index (κ2) is 9.88. The highest BCUT2D eigenvalue weighted by atomic mass is 16.4. The first-order valence-corrected chi connectivity index (χ1v) is 9.46. The normalized spacial score (nSPS) is 14.1. The van der Waals surface area contributed by atoms with Gasteiger partial charge in [-0.15, -0.1) is 0 Å². The highest BCUT2D eigenvalue weighted by molar-refractivity contribution is 5.93. The fourth-order valence-electron chi connectivity index (χ4n) is 3.06. The number of fused-ring (bicyclic) bond motifs is 1. The molecular weight excluding hydrogens is 392 g/mol. The minimum atomic E-state index is -1.32. The third-order valence-corrected chi connectivity index (χ3v) is 4.69. The molecule has 0 unspecified atom stereocenters. The molecule has 3 atom stereocenters. The first-order valence-electron chi connectivity index (χ1n) is 9.46. The quantitative estimate of drug-likeness (QED) is 0.320. The van der Waals surface area contributed by atoms with Gasteiger partial charge in [0.2, 0.25) is 11.8 Å². The molecule has 0 spiro atoms. The van der Waals surface area contributed by atoms with Crippen LogP contribution in [-0.4, -0.2) is 57.1 Å². The van der Waals surface area contributed by atoms with Gasteiger partial charge in [-0.3, -0.25) is 14.4 Å². The van der Waals surface area contributed by atoms with E-state index in [0.29, 0.717) is 0 Å². The lowest BCUT2D eigenvalue weighted by atomic mass is 10.0. The molecule has 7 N–H and O–H groups in total. The largest absolute Gasteiger partial charge is 0.481 e. The fourth-order valence-corrected chi connectivity index (χ4v) is 3.06. The maximum Gasteiger partial charge on any atom is 0.326 e. The summed E-state index contributed by atoms with van der Waals surface area (Å²) in [5.74, 6) is -4.32. The van der Waals surface area contributed by atoms with Crippen LogP contribution in [-0.2, 0) is 25.6 Å². The van der Waals surface area contributed by atoms with Crippen LogP contribution in [0.2, 0.25) is 0 Å². The van der Waals surface area contributed by atoms with Gasteiger partial charge in [-0.1, -0.05) is 32.0 Å². The smallest absolute Gasteiger partial charge is 0.326 e. The molecule has 1 heterocycles. The van der Waals surface area contributed by atoms with Crippen LogP contribution in [0.5, 0.6) is 0 Å². The van der Waals surface area contributed by atoms with Gasteiger partial charge in [0.25, 0.3) is 0 Å². The molecule has 0 aliphatic carbocycles. The van der Waals surface area contributed by atoms with Crippen molar-refractivity contribution in [3.8, 4) is 0 Å². The first kappa shape index (κ1) is 22.9. The Morgan fingerprint density at radius 3 is 2.33 bits per heavy atom. The number of benzene rings is 1. The number of H-pyrrole nitrogens is 1. The van der Waals surface area contributed by atoms with Gasteiger partial charge in [0.15, 0.2) is 0 Å². The van der Waals surface area contributed by atoms with Crippen LogP contribution in [0.25, 0.3) is 10.9 Å². The molecule has 0 fully saturated rings. The van der Waals surface area contributed by atoms with E-state index >= 15 is 0 Å². The summed E-state index contributed by atoms with van der Waals surface area (Å²) < 4.78 is 0. The van der Waals surface area contributed by atoms with Crippen molar-refractivity contribution in [1.29, 1.82) is 0 Å². The van der Waals surface area contributed by atoms with Gasteiger partial charge < -0.3 is 31.6 Å². The van der Waals surface area contributed by atoms with Gasteiger partial charge in [0, 0.05) is 23.5 Å². The van der Waals surface area contributed by atoms with Crippen LogP contribution in [0.3, 0.4) is 0 Å². The van der Waals surface area contributed by atoms with Crippen LogP contribution < -0.4 is 16.4 Å². The molecule has 10 nitrogen and oxygen atoms in total. The lowest BCUT2D eigenvalue weighted by Crippen LogP contribution is -2.56. The maximum absolute atomic E-state index is 12.7. The molecule has 2 amide bonds. The Hall–Kier alpha value is -3.40. The monoisotopic (exact) mass is 418 g/mol. The Morgan fingerprint density at radius 2 is 1.73 bits per heavy atom. The average molecular weight is 418 g/mol. The summed E-state index contributed by atoms with van der Waals surface area (Å²) >= 11 is 0. The van der Waals surface area contributed by atoms with E-state index in [4.69, 9.17) is 10.8 Å². The second-order valence-corrected chi connectivity index (χ2v) is 7.40. The van der Waals surface area contributed by atoms with Crippen LogP contribution in [0.15, 0.2) is 30.5 Å². The Labute approximate surface area is 172 Å². The van der Waals surface area contributed by atoms with Crippen molar-refractivity contribution in [2.75, 3.05) is 0 Å². The number of aliphatic carboxylic acids is 2. The number of carbonyl (C=O) groups excluding carboxylic acids is 2. The van der Waals surface area contributed by atoms with Gasteiger partial charge in [0.1, 0.15) is 12.1 Å². The molecule has 0 radical (unpaired) electrons. The zero-order chi connectivity index (χ0) is 22.4. The number of hydrogen-bond donors (Lipinski definition) is 6. The summed E-state index contributed by atoms with van der Waals surface area (Å²) in [4.78, 5) is 50.4. The number of hydrogen-bond acceptors (Lipinski definition) is 5. The molecule has 0 bridgehead atoms. The molecule has 0 aliphatic heterocycles. The summed E-state index contributed by atoms with van der Waals surface area (Å²) in [7, 11) is 0. The molecule has 162 valence electrons. The van der Waals surface area contributed by atoms with E-state index in [1.807, 2.05) is 24.3 Å². The molecule has 0 saturated heterocycles. The SMILES string of the molecule is CC(C)[C@H](NC(=O)[C@@H](N)CC(=O)O)C(=O)N[C@@H](Cc1c[nH]c2ccccc12)C(=O)O. The lowest BCUT2D eigenvalue weighted by Gasteiger charge is -2.25. The highest BCUT2D eigenvalue weighted by Crippen LogP contribution is 2.19. The van der Waals surface area contributed by atoms with E-state index in [0.717, 1.165) is 16.5 Å². The van der Waals surface area contributed by atoms with Gasteiger partial charge in [-0.05, 0) is 17.5 Å². The number of amides is 2. The van der Waals surface area contributed by atoms with Crippen molar-refractivity contribution in [1.82, 2.24) is 15.6 Å². The summed E-state index contributed by atoms with van der Waals surface area (Å²) in [6.45, 7) is 3.34. The van der Waals surface area contributed by atoms with Gasteiger partial charge in [0.05, 0.1) is 12.5 Å². The Morgan fingerprint density at radius 1 is 1.07 bits per heavy atom. The van der Waals surface area contributed by atoms with E-state index in [2.05, 4.69) is 15.6 Å². The summed E-state index contributed by atoms with van der Waals surface area (Å²) in [5.41, 5.74) is 7.12. The predicted octanol–water partition coefficient (Wildman–Crippen LogP) is 0.223. The number of para-hydroxylation sites is 1. The van der Waals surface area contributed by atoms with E-state index in [-0.39, 0.29) is 12.3 Å². The summed E-state index contributed by atoms with van der Waals surface area (Å²) in [5, 5.41) is 24.1. The summed E-state index contributed by atoms with van der Waals surface area (Å²) in [6, 6.07) is 3.78. The number of carbonyl (C=O) groups is 4. The minimum Gasteiger partial charge on any atom is -0.481 e. The Balaban J connectivity index is 2.12. The minimum absolute atomic E-state index is 0.0440. The first-order chi connectivity index (χ1) is 14.1. The standard InChI is InChI=1S/C20H26N4O6/c1-10(2)17(24-18(27)13(21)8-16(25)26)19(28)23-15(20(29)30)7-11-9-22-14-6-4-3-5-12(11)14/h3-6,9-10,13,15,17,22H,7-8,21H2,1-2H3,(H,23,28)(H,24,27)(H,25,26)(H,29,30)/t13-,15-,17-/m0/s1. The van der Waals surface area contributed by atoms with Crippen molar-refractivity contribution in [2.24, 2.45) is 11.7 Å². The molecule has 30 heavy (non-hydrogen) atoms. The highest BCUT2D eigenvalue weighted by Gasteiger charge is 2.30.